The summed E-state index contributed by atoms with van der Waals surface area (Å²) in [6.45, 7) is 4.56. The molecule has 2 heterocycles. The van der Waals surface area contributed by atoms with Crippen LogP contribution in [0, 0.1) is 0 Å². The van der Waals surface area contributed by atoms with Crippen LogP contribution in [0.15, 0.2) is 34.5 Å². The van der Waals surface area contributed by atoms with Crippen molar-refractivity contribution in [3.63, 3.8) is 0 Å². The van der Waals surface area contributed by atoms with E-state index in [1.165, 1.54) is 4.68 Å². The van der Waals surface area contributed by atoms with Crippen molar-refractivity contribution in [3.05, 3.63) is 50.8 Å². The van der Waals surface area contributed by atoms with E-state index in [9.17, 15) is 4.79 Å². The minimum Gasteiger partial charge on any atom is -0.382 e. The van der Waals surface area contributed by atoms with Crippen molar-refractivity contribution >= 4 is 28.6 Å². The summed E-state index contributed by atoms with van der Waals surface area (Å²) < 4.78 is 1.26. The topological polar surface area (TPSA) is 59.8 Å². The molecule has 0 saturated carbocycles. The third kappa shape index (κ3) is 3.42. The number of aromatic nitrogens is 3. The monoisotopic (exact) mass is 296 g/mol. The number of halogens is 1. The van der Waals surface area contributed by atoms with Gasteiger partial charge in [-0.15, -0.1) is 17.9 Å². The summed E-state index contributed by atoms with van der Waals surface area (Å²) in [5.41, 5.74) is 3.03. The van der Waals surface area contributed by atoms with Crippen LogP contribution in [0.4, 0.5) is 5.69 Å². The molecule has 100 valence electrons. The molecule has 0 spiro atoms. The summed E-state index contributed by atoms with van der Waals surface area (Å²) in [6.07, 6.45) is 3.92. The zero-order chi connectivity index (χ0) is 13.7. The first-order chi connectivity index (χ1) is 9.22. The molecule has 19 heavy (non-hydrogen) atoms. The van der Waals surface area contributed by atoms with Crippen LogP contribution in [0.2, 0.25) is 5.02 Å². The molecule has 2 aromatic heterocycles. The molecular weight excluding hydrogens is 284 g/mol. The van der Waals surface area contributed by atoms with Gasteiger partial charge in [0.1, 0.15) is 5.02 Å². The van der Waals surface area contributed by atoms with Gasteiger partial charge in [-0.2, -0.15) is 5.10 Å². The number of allylic oxidation sites excluding steroid dienone is 1. The van der Waals surface area contributed by atoms with E-state index in [0.29, 0.717) is 18.8 Å². The van der Waals surface area contributed by atoms with Gasteiger partial charge in [0.05, 0.1) is 29.6 Å². The van der Waals surface area contributed by atoms with E-state index in [1.807, 2.05) is 5.38 Å². The zero-order valence-electron chi connectivity index (χ0n) is 10.2. The Bertz CT molecular complexity index is 609. The normalized spacial score (nSPS) is 10.4. The zero-order valence-corrected chi connectivity index (χ0v) is 11.7. The van der Waals surface area contributed by atoms with Crippen LogP contribution in [0.25, 0.3) is 0 Å². The molecule has 0 aliphatic heterocycles. The SMILES string of the molecule is C=CCn1ncc(NCCc2cscn2)c(Cl)c1=O. The Morgan fingerprint density at radius 1 is 1.58 bits per heavy atom. The van der Waals surface area contributed by atoms with Crippen molar-refractivity contribution in [2.45, 2.75) is 13.0 Å². The quantitative estimate of drug-likeness (QED) is 0.830. The Morgan fingerprint density at radius 2 is 2.42 bits per heavy atom. The fraction of sp³-hybridized carbons (Fsp3) is 0.250. The van der Waals surface area contributed by atoms with Crippen molar-refractivity contribution in [1.82, 2.24) is 14.8 Å². The standard InChI is InChI=1S/C12H13ClN4OS/c1-2-5-17-12(18)11(13)10(6-16-17)14-4-3-9-7-19-8-15-9/h2,6-8,14H,1,3-5H2. The first-order valence-electron chi connectivity index (χ1n) is 5.70. The van der Waals surface area contributed by atoms with E-state index in [2.05, 4.69) is 22.0 Å². The van der Waals surface area contributed by atoms with Crippen molar-refractivity contribution in [2.24, 2.45) is 0 Å². The van der Waals surface area contributed by atoms with Crippen LogP contribution in [-0.4, -0.2) is 21.3 Å². The van der Waals surface area contributed by atoms with E-state index in [0.717, 1.165) is 12.1 Å². The van der Waals surface area contributed by atoms with Crippen molar-refractivity contribution in [2.75, 3.05) is 11.9 Å². The maximum atomic E-state index is 11.8. The predicted octanol–water partition coefficient (Wildman–Crippen LogP) is 2.19. The molecule has 0 aliphatic rings. The van der Waals surface area contributed by atoms with Crippen LogP contribution >= 0.6 is 22.9 Å². The summed E-state index contributed by atoms with van der Waals surface area (Å²) in [4.78, 5) is 16.0. The van der Waals surface area contributed by atoms with Gasteiger partial charge in [-0.1, -0.05) is 17.7 Å². The summed E-state index contributed by atoms with van der Waals surface area (Å²) >= 11 is 7.57. The lowest BCUT2D eigenvalue weighted by atomic mass is 10.3. The van der Waals surface area contributed by atoms with Gasteiger partial charge in [-0.25, -0.2) is 9.67 Å². The molecule has 0 fully saturated rings. The van der Waals surface area contributed by atoms with E-state index in [1.54, 1.807) is 29.1 Å². The highest BCUT2D eigenvalue weighted by Crippen LogP contribution is 2.15. The molecule has 0 amide bonds. The van der Waals surface area contributed by atoms with Gasteiger partial charge in [0.2, 0.25) is 0 Å². The highest BCUT2D eigenvalue weighted by molar-refractivity contribution is 7.07. The fourth-order valence-corrected chi connectivity index (χ4v) is 2.33. The van der Waals surface area contributed by atoms with Gasteiger partial charge in [-0.05, 0) is 0 Å². The third-order valence-corrected chi connectivity index (χ3v) is 3.47. The van der Waals surface area contributed by atoms with Gasteiger partial charge in [0, 0.05) is 18.3 Å². The lowest BCUT2D eigenvalue weighted by Gasteiger charge is -2.08. The number of nitrogens with one attached hydrogen (secondary N) is 1. The second kappa shape index (κ2) is 6.49. The molecule has 5 nitrogen and oxygen atoms in total. The Balaban J connectivity index is 2.02. The molecule has 7 heteroatoms. The smallest absolute Gasteiger partial charge is 0.287 e. The Kier molecular flexibility index (Phi) is 4.70. The second-order valence-electron chi connectivity index (χ2n) is 3.80. The summed E-state index contributed by atoms with van der Waals surface area (Å²) in [7, 11) is 0. The first-order valence-corrected chi connectivity index (χ1v) is 7.02. The van der Waals surface area contributed by atoms with Gasteiger partial charge in [-0.3, -0.25) is 4.79 Å². The van der Waals surface area contributed by atoms with Crippen molar-refractivity contribution in [1.29, 1.82) is 0 Å². The van der Waals surface area contributed by atoms with Crippen LogP contribution < -0.4 is 10.9 Å². The molecule has 0 aromatic carbocycles. The molecule has 0 aliphatic carbocycles. The number of rotatable bonds is 6. The molecule has 0 saturated heterocycles. The molecular formula is C12H13ClN4OS. The van der Waals surface area contributed by atoms with E-state index < -0.39 is 0 Å². The molecule has 0 unspecified atom stereocenters. The van der Waals surface area contributed by atoms with Crippen molar-refractivity contribution < 1.29 is 0 Å². The minimum atomic E-state index is -0.319. The highest BCUT2D eigenvalue weighted by Gasteiger charge is 2.08. The van der Waals surface area contributed by atoms with Crippen molar-refractivity contribution in [3.8, 4) is 0 Å². The first kappa shape index (κ1) is 13.8. The van der Waals surface area contributed by atoms with E-state index in [-0.39, 0.29) is 10.6 Å². The third-order valence-electron chi connectivity index (χ3n) is 2.47. The molecule has 1 N–H and O–H groups in total. The molecule has 2 aromatic rings. The van der Waals surface area contributed by atoms with E-state index in [4.69, 9.17) is 11.6 Å². The predicted molar refractivity (Wildman–Crippen MR) is 78.0 cm³/mol. The number of hydrogen-bond donors (Lipinski definition) is 1. The van der Waals surface area contributed by atoms with Gasteiger partial charge >= 0.3 is 0 Å². The number of hydrogen-bond acceptors (Lipinski definition) is 5. The summed E-state index contributed by atoms with van der Waals surface area (Å²) in [6, 6.07) is 0. The lowest BCUT2D eigenvalue weighted by Crippen LogP contribution is -2.24. The maximum Gasteiger partial charge on any atom is 0.287 e. The van der Waals surface area contributed by atoms with E-state index >= 15 is 0 Å². The molecule has 0 bridgehead atoms. The number of nitrogens with zero attached hydrogens (tertiary/aromatic N) is 3. The summed E-state index contributed by atoms with van der Waals surface area (Å²) in [5.74, 6) is 0. The Morgan fingerprint density at radius 3 is 3.11 bits per heavy atom. The Labute approximate surface area is 119 Å². The average molecular weight is 297 g/mol. The second-order valence-corrected chi connectivity index (χ2v) is 4.90. The van der Waals surface area contributed by atoms with Crippen LogP contribution in [0.1, 0.15) is 5.69 Å². The Hall–Kier alpha value is -1.66. The highest BCUT2D eigenvalue weighted by atomic mass is 35.5. The van der Waals surface area contributed by atoms with Gasteiger partial charge in [0.25, 0.3) is 5.56 Å². The van der Waals surface area contributed by atoms with Crippen LogP contribution in [0.3, 0.4) is 0 Å². The van der Waals surface area contributed by atoms with Crippen LogP contribution in [-0.2, 0) is 13.0 Å². The molecule has 0 atom stereocenters. The molecule has 0 radical (unpaired) electrons. The minimum absolute atomic E-state index is 0.148. The fourth-order valence-electron chi connectivity index (χ4n) is 1.53. The van der Waals surface area contributed by atoms with Crippen LogP contribution in [0.5, 0.6) is 0 Å². The number of thiazole rings is 1. The largest absolute Gasteiger partial charge is 0.382 e. The maximum absolute atomic E-state index is 11.8. The lowest BCUT2D eigenvalue weighted by molar-refractivity contribution is 0.653. The average Bonchev–Trinajstić information content (AvgIpc) is 2.91. The summed E-state index contributed by atoms with van der Waals surface area (Å²) in [5, 5.41) is 9.25. The van der Waals surface area contributed by atoms with Gasteiger partial charge < -0.3 is 5.32 Å². The number of anilines is 1. The van der Waals surface area contributed by atoms with Gasteiger partial charge in [0.15, 0.2) is 0 Å². The molecule has 2 rings (SSSR count).